The lowest BCUT2D eigenvalue weighted by Gasteiger charge is -1.89. The number of carboxylic acid groups (broad SMARTS) is 2. The standard InChI is InChI=1S/C5H8O4.C2H6O2/c6-4(7)2-1-3-5(8)9;3-1-2-4/h1-3H2,(H,6,7)(H,8,9);3-4H,1-2H2. The molecule has 0 rings (SSSR count). The minimum Gasteiger partial charge on any atom is -0.481 e. The summed E-state index contributed by atoms with van der Waals surface area (Å²) in [6.07, 6.45) is 0.0866. The van der Waals surface area contributed by atoms with Crippen molar-refractivity contribution in [3.63, 3.8) is 0 Å². The van der Waals surface area contributed by atoms with Crippen LogP contribution in [-0.2, 0) is 9.59 Å². The molecule has 0 heterocycles. The van der Waals surface area contributed by atoms with Gasteiger partial charge in [0.1, 0.15) is 0 Å². The molecule has 13 heavy (non-hydrogen) atoms. The number of hydrogen-bond donors (Lipinski definition) is 4. The average Bonchev–Trinajstić information content (AvgIpc) is 2.03. The molecule has 0 atom stereocenters. The van der Waals surface area contributed by atoms with Crippen LogP contribution in [0.25, 0.3) is 0 Å². The molecule has 0 spiro atoms. The third kappa shape index (κ3) is 24.8. The van der Waals surface area contributed by atoms with Crippen LogP contribution < -0.4 is 0 Å². The number of hydrogen-bond acceptors (Lipinski definition) is 4. The minimum atomic E-state index is -0.948. The molecule has 0 fully saturated rings. The molecule has 0 unspecified atom stereocenters. The fourth-order valence-corrected chi connectivity index (χ4v) is 0.391. The van der Waals surface area contributed by atoms with Crippen molar-refractivity contribution in [1.29, 1.82) is 0 Å². The lowest BCUT2D eigenvalue weighted by atomic mass is 10.2. The van der Waals surface area contributed by atoms with Crippen LogP contribution in [0.1, 0.15) is 19.3 Å². The maximum absolute atomic E-state index is 9.79. The van der Waals surface area contributed by atoms with Gasteiger partial charge in [0.15, 0.2) is 0 Å². The molecule has 6 heteroatoms. The molecule has 6 nitrogen and oxygen atoms in total. The van der Waals surface area contributed by atoms with E-state index in [1.807, 2.05) is 0 Å². The Morgan fingerprint density at radius 1 is 0.846 bits per heavy atom. The maximum Gasteiger partial charge on any atom is 0.303 e. The first-order valence-electron chi connectivity index (χ1n) is 3.70. The van der Waals surface area contributed by atoms with Crippen molar-refractivity contribution in [2.75, 3.05) is 13.2 Å². The van der Waals surface area contributed by atoms with Gasteiger partial charge in [-0.3, -0.25) is 9.59 Å². The molecule has 0 radical (unpaired) electrons. The normalized spacial score (nSPS) is 8.46. The summed E-state index contributed by atoms with van der Waals surface area (Å²) in [6, 6.07) is 0. The highest BCUT2D eigenvalue weighted by molar-refractivity contribution is 5.69. The Bertz CT molecular complexity index is 128. The van der Waals surface area contributed by atoms with Gasteiger partial charge < -0.3 is 20.4 Å². The lowest BCUT2D eigenvalue weighted by Crippen LogP contribution is -1.98. The summed E-state index contributed by atoms with van der Waals surface area (Å²) in [4.78, 5) is 19.6. The average molecular weight is 194 g/mol. The van der Waals surface area contributed by atoms with Gasteiger partial charge in [0, 0.05) is 12.8 Å². The van der Waals surface area contributed by atoms with E-state index < -0.39 is 11.9 Å². The van der Waals surface area contributed by atoms with E-state index in [-0.39, 0.29) is 32.5 Å². The summed E-state index contributed by atoms with van der Waals surface area (Å²) in [7, 11) is 0. The second-order valence-corrected chi connectivity index (χ2v) is 2.09. The maximum atomic E-state index is 9.79. The van der Waals surface area contributed by atoms with Gasteiger partial charge in [-0.05, 0) is 6.42 Å². The van der Waals surface area contributed by atoms with Gasteiger partial charge in [-0.1, -0.05) is 0 Å². The Morgan fingerprint density at radius 2 is 1.15 bits per heavy atom. The molecule has 0 aromatic rings. The molecule has 4 N–H and O–H groups in total. The zero-order valence-corrected chi connectivity index (χ0v) is 7.14. The molecule has 0 aliphatic heterocycles. The van der Waals surface area contributed by atoms with Crippen LogP contribution >= 0.6 is 0 Å². The van der Waals surface area contributed by atoms with Crippen LogP contribution in [0, 0.1) is 0 Å². The van der Waals surface area contributed by atoms with E-state index in [1.54, 1.807) is 0 Å². The first-order chi connectivity index (χ1) is 6.04. The number of aliphatic hydroxyl groups excluding tert-OH is 2. The highest BCUT2D eigenvalue weighted by Gasteiger charge is 1.99. The van der Waals surface area contributed by atoms with Gasteiger partial charge in [-0.2, -0.15) is 0 Å². The molecular weight excluding hydrogens is 180 g/mol. The van der Waals surface area contributed by atoms with E-state index >= 15 is 0 Å². The number of carbonyl (C=O) groups is 2. The van der Waals surface area contributed by atoms with E-state index in [1.165, 1.54) is 0 Å². The second kappa shape index (κ2) is 10.9. The van der Waals surface area contributed by atoms with E-state index in [9.17, 15) is 9.59 Å². The number of carboxylic acids is 2. The molecule has 0 aliphatic carbocycles. The quantitative estimate of drug-likeness (QED) is 0.460. The summed E-state index contributed by atoms with van der Waals surface area (Å²) in [5.74, 6) is -1.90. The molecule has 78 valence electrons. The molecule has 0 saturated heterocycles. The summed E-state index contributed by atoms with van der Waals surface area (Å²) in [5, 5.41) is 31.3. The van der Waals surface area contributed by atoms with Crippen LogP contribution in [0.4, 0.5) is 0 Å². The van der Waals surface area contributed by atoms with Crippen LogP contribution in [0.15, 0.2) is 0 Å². The fraction of sp³-hybridized carbons (Fsp3) is 0.714. The van der Waals surface area contributed by atoms with Crippen molar-refractivity contribution in [1.82, 2.24) is 0 Å². The van der Waals surface area contributed by atoms with E-state index in [0.717, 1.165) is 0 Å². The number of rotatable bonds is 5. The Balaban J connectivity index is 0. The van der Waals surface area contributed by atoms with Crippen molar-refractivity contribution < 1.29 is 30.0 Å². The van der Waals surface area contributed by atoms with Crippen molar-refractivity contribution in [3.8, 4) is 0 Å². The highest BCUT2D eigenvalue weighted by atomic mass is 16.4. The van der Waals surface area contributed by atoms with E-state index in [2.05, 4.69) is 0 Å². The topological polar surface area (TPSA) is 115 Å². The second-order valence-electron chi connectivity index (χ2n) is 2.09. The van der Waals surface area contributed by atoms with Crippen LogP contribution in [0.5, 0.6) is 0 Å². The summed E-state index contributed by atoms with van der Waals surface area (Å²) >= 11 is 0. The van der Waals surface area contributed by atoms with Crippen LogP contribution in [0.3, 0.4) is 0 Å². The fourth-order valence-electron chi connectivity index (χ4n) is 0.391. The minimum absolute atomic E-state index is 0.0632. The first kappa shape index (κ1) is 14.4. The predicted octanol–water partition coefficient (Wildman–Crippen LogP) is -0.703. The Kier molecular flexibility index (Phi) is 12.0. The van der Waals surface area contributed by atoms with Crippen LogP contribution in [-0.4, -0.2) is 45.6 Å². The van der Waals surface area contributed by atoms with Gasteiger partial charge in [-0.25, -0.2) is 0 Å². The van der Waals surface area contributed by atoms with Crippen molar-refractivity contribution in [3.05, 3.63) is 0 Å². The predicted molar refractivity (Wildman–Crippen MR) is 43.3 cm³/mol. The largest absolute Gasteiger partial charge is 0.481 e. The summed E-state index contributed by atoms with van der Waals surface area (Å²) in [6.45, 7) is -0.250. The SMILES string of the molecule is O=C(O)CCCC(=O)O.OCCO. The van der Waals surface area contributed by atoms with Gasteiger partial charge in [-0.15, -0.1) is 0 Å². The van der Waals surface area contributed by atoms with E-state index in [4.69, 9.17) is 20.4 Å². The molecule has 0 aromatic carbocycles. The third-order valence-electron chi connectivity index (χ3n) is 0.881. The molecular formula is C7H14O6. The molecule has 0 aromatic heterocycles. The van der Waals surface area contributed by atoms with Gasteiger partial charge >= 0.3 is 11.9 Å². The van der Waals surface area contributed by atoms with Gasteiger partial charge in [0.05, 0.1) is 13.2 Å². The molecule has 0 bridgehead atoms. The molecule has 0 saturated carbocycles. The summed E-state index contributed by atoms with van der Waals surface area (Å²) < 4.78 is 0. The summed E-state index contributed by atoms with van der Waals surface area (Å²) in [5.41, 5.74) is 0. The highest BCUT2D eigenvalue weighted by Crippen LogP contribution is 1.93. The number of aliphatic carboxylic acids is 2. The van der Waals surface area contributed by atoms with Crippen LogP contribution in [0.2, 0.25) is 0 Å². The Hall–Kier alpha value is -1.14. The van der Waals surface area contributed by atoms with Crippen molar-refractivity contribution in [2.24, 2.45) is 0 Å². The lowest BCUT2D eigenvalue weighted by molar-refractivity contribution is -0.138. The Labute approximate surface area is 75.4 Å². The third-order valence-corrected chi connectivity index (χ3v) is 0.881. The monoisotopic (exact) mass is 194 g/mol. The van der Waals surface area contributed by atoms with E-state index in [0.29, 0.717) is 0 Å². The molecule has 0 amide bonds. The zero-order valence-electron chi connectivity index (χ0n) is 7.14. The Morgan fingerprint density at radius 3 is 1.31 bits per heavy atom. The smallest absolute Gasteiger partial charge is 0.303 e. The van der Waals surface area contributed by atoms with Gasteiger partial charge in [0.25, 0.3) is 0 Å². The van der Waals surface area contributed by atoms with Crippen molar-refractivity contribution >= 4 is 11.9 Å². The first-order valence-corrected chi connectivity index (χ1v) is 3.70. The zero-order chi connectivity index (χ0) is 10.7. The van der Waals surface area contributed by atoms with Crippen molar-refractivity contribution in [2.45, 2.75) is 19.3 Å². The number of aliphatic hydroxyl groups is 2. The van der Waals surface area contributed by atoms with Gasteiger partial charge in [0.2, 0.25) is 0 Å². The molecule has 0 aliphatic rings.